The van der Waals surface area contributed by atoms with E-state index < -0.39 is 21.5 Å². The molecule has 2 amide bonds. The van der Waals surface area contributed by atoms with Crippen LogP contribution in [0, 0.1) is 17.2 Å². The second-order valence-corrected chi connectivity index (χ2v) is 12.1. The second kappa shape index (κ2) is 11.1. The number of hydrogen-bond donors (Lipinski definition) is 3. The minimum Gasteiger partial charge on any atom is -0.365 e. The van der Waals surface area contributed by atoms with Crippen LogP contribution in [0.15, 0.2) is 65.7 Å². The molecule has 4 N–H and O–H groups in total. The van der Waals surface area contributed by atoms with Crippen LogP contribution in [0.4, 0.5) is 11.5 Å². The summed E-state index contributed by atoms with van der Waals surface area (Å²) >= 11 is 0. The molecule has 0 bridgehead atoms. The first-order valence-corrected chi connectivity index (χ1v) is 14.6. The zero-order valence-corrected chi connectivity index (χ0v) is 22.7. The van der Waals surface area contributed by atoms with Crippen LogP contribution >= 0.6 is 0 Å². The molecule has 1 aliphatic heterocycles. The van der Waals surface area contributed by atoms with E-state index in [1.807, 2.05) is 18.2 Å². The van der Waals surface area contributed by atoms with Crippen molar-refractivity contribution >= 4 is 33.3 Å². The quantitative estimate of drug-likeness (QED) is 0.342. The highest BCUT2D eigenvalue weighted by Gasteiger charge is 2.39. The van der Waals surface area contributed by atoms with Gasteiger partial charge in [-0.15, -0.1) is 0 Å². The Kier molecular flexibility index (Phi) is 7.60. The van der Waals surface area contributed by atoms with E-state index in [1.54, 1.807) is 47.3 Å². The highest BCUT2D eigenvalue weighted by atomic mass is 32.2. The van der Waals surface area contributed by atoms with Crippen molar-refractivity contribution in [3.8, 4) is 6.07 Å². The lowest BCUT2D eigenvalue weighted by molar-refractivity contribution is -0.117. The molecule has 3 aromatic rings. The zero-order valence-electron chi connectivity index (χ0n) is 21.9. The van der Waals surface area contributed by atoms with E-state index in [1.165, 1.54) is 0 Å². The Morgan fingerprint density at radius 2 is 1.82 bits per heavy atom. The summed E-state index contributed by atoms with van der Waals surface area (Å²) < 4.78 is 29.7. The van der Waals surface area contributed by atoms with Gasteiger partial charge in [0.05, 0.1) is 22.9 Å². The van der Waals surface area contributed by atoms with Crippen molar-refractivity contribution in [1.82, 2.24) is 14.7 Å². The number of nitrogens with zero attached hydrogens (tertiary/aromatic N) is 4. The monoisotopic (exact) mass is 561 g/mol. The summed E-state index contributed by atoms with van der Waals surface area (Å²) in [6, 6.07) is 17.8. The molecule has 1 saturated heterocycles. The number of piperidine rings is 1. The molecule has 0 atom stereocenters. The number of carbonyl (C=O) groups is 2. The van der Waals surface area contributed by atoms with Gasteiger partial charge >= 0.3 is 0 Å². The number of sulfonamides is 1. The van der Waals surface area contributed by atoms with Crippen LogP contribution in [0.5, 0.6) is 0 Å². The molecule has 0 radical (unpaired) electrons. The van der Waals surface area contributed by atoms with Gasteiger partial charge in [0.2, 0.25) is 5.91 Å². The van der Waals surface area contributed by atoms with E-state index in [0.717, 1.165) is 18.4 Å². The average molecular weight is 562 g/mol. The number of primary amides is 1. The predicted molar refractivity (Wildman–Crippen MR) is 149 cm³/mol. The molecule has 1 aliphatic carbocycles. The smallest absolute Gasteiger partial charge is 0.261 e. The van der Waals surface area contributed by atoms with E-state index >= 15 is 0 Å². The van der Waals surface area contributed by atoms with Crippen molar-refractivity contribution in [2.24, 2.45) is 11.7 Å². The number of nitrogens with one attached hydrogen (secondary N) is 2. The lowest BCUT2D eigenvalue weighted by atomic mass is 9.84. The van der Waals surface area contributed by atoms with Crippen LogP contribution in [0.3, 0.4) is 0 Å². The fourth-order valence-electron chi connectivity index (χ4n) is 5.02. The Morgan fingerprint density at radius 1 is 1.10 bits per heavy atom. The van der Waals surface area contributed by atoms with Gasteiger partial charge in [0.25, 0.3) is 15.9 Å². The Labute approximate surface area is 233 Å². The van der Waals surface area contributed by atoms with Crippen molar-refractivity contribution in [2.45, 2.75) is 49.1 Å². The third-order valence-electron chi connectivity index (χ3n) is 7.49. The number of carbonyl (C=O) groups excluding carboxylic acids is 2. The van der Waals surface area contributed by atoms with Gasteiger partial charge in [-0.25, -0.2) is 8.42 Å². The number of amides is 2. The molecule has 1 saturated carbocycles. The summed E-state index contributed by atoms with van der Waals surface area (Å²) in [6.07, 6.45) is 4.55. The van der Waals surface area contributed by atoms with Gasteiger partial charge in [0, 0.05) is 37.4 Å². The lowest BCUT2D eigenvalue weighted by Gasteiger charge is -2.40. The Bertz CT molecular complexity index is 1550. The van der Waals surface area contributed by atoms with Gasteiger partial charge in [0.15, 0.2) is 5.82 Å². The largest absolute Gasteiger partial charge is 0.365 e. The Balaban J connectivity index is 1.27. The molecule has 2 aromatic carbocycles. The van der Waals surface area contributed by atoms with Gasteiger partial charge in [-0.3, -0.25) is 23.9 Å². The first-order valence-electron chi connectivity index (χ1n) is 13.2. The van der Waals surface area contributed by atoms with E-state index in [4.69, 9.17) is 5.73 Å². The summed E-state index contributed by atoms with van der Waals surface area (Å²) in [5, 5.41) is 16.9. The second-order valence-electron chi connectivity index (χ2n) is 10.4. The van der Waals surface area contributed by atoms with Crippen LogP contribution in [-0.4, -0.2) is 48.0 Å². The topological polar surface area (TPSA) is 163 Å². The van der Waals surface area contributed by atoms with Crippen LogP contribution in [-0.2, 0) is 26.9 Å². The minimum atomic E-state index is -3.70. The van der Waals surface area contributed by atoms with Crippen LogP contribution < -0.4 is 15.8 Å². The average Bonchev–Trinajstić information content (AvgIpc) is 3.70. The number of benzene rings is 2. The number of nitriles is 1. The van der Waals surface area contributed by atoms with Crippen molar-refractivity contribution in [1.29, 1.82) is 5.26 Å². The molecule has 5 rings (SSSR count). The summed E-state index contributed by atoms with van der Waals surface area (Å²) in [4.78, 5) is 26.8. The summed E-state index contributed by atoms with van der Waals surface area (Å²) in [5.41, 5.74) is 6.48. The summed E-state index contributed by atoms with van der Waals surface area (Å²) in [5.74, 6) is -0.789. The highest BCUT2D eigenvalue weighted by molar-refractivity contribution is 7.92. The predicted octanol–water partition coefficient (Wildman–Crippen LogP) is 3.04. The number of rotatable bonds is 10. The molecular formula is C28H31N7O4S. The molecule has 12 heteroatoms. The lowest BCUT2D eigenvalue weighted by Crippen LogP contribution is -2.46. The zero-order chi connectivity index (χ0) is 28.3. The van der Waals surface area contributed by atoms with Gasteiger partial charge in [-0.05, 0) is 55.5 Å². The fraction of sp³-hybridized carbons (Fsp3) is 0.357. The summed E-state index contributed by atoms with van der Waals surface area (Å²) in [6.45, 7) is 1.90. The van der Waals surface area contributed by atoms with Crippen LogP contribution in [0.1, 0.15) is 48.0 Å². The standard InChI is InChI=1S/C28H31N7O4S/c29-14-11-28(35-19-24(25(30)36)26(32-35)31-27(37)21-9-10-21)12-15-34(16-13-28)18-20-5-4-6-22(17-20)33-40(38,39)23-7-2-1-3-8-23/h1-8,17,19,21,33H,9-13,15-16,18H2,(H2,30,36)(H,31,32,37). The van der Waals surface area contributed by atoms with Crippen molar-refractivity contribution in [3.63, 3.8) is 0 Å². The van der Waals surface area contributed by atoms with Crippen LogP contribution in [0.25, 0.3) is 0 Å². The van der Waals surface area contributed by atoms with Crippen LogP contribution in [0.2, 0.25) is 0 Å². The molecule has 0 unspecified atom stereocenters. The first kappa shape index (κ1) is 27.4. The molecule has 208 valence electrons. The maximum Gasteiger partial charge on any atom is 0.261 e. The SMILES string of the molecule is N#CCC1(n2cc(C(N)=O)c(NC(=O)C3CC3)n2)CCN(Cc2cccc(NS(=O)(=O)c3ccccc3)c2)CC1. The molecule has 1 aromatic heterocycles. The van der Waals surface area contributed by atoms with Gasteiger partial charge < -0.3 is 11.1 Å². The van der Waals surface area contributed by atoms with Gasteiger partial charge in [-0.2, -0.15) is 10.4 Å². The Hall–Kier alpha value is -4.21. The van der Waals surface area contributed by atoms with Crippen molar-refractivity contribution in [2.75, 3.05) is 23.1 Å². The maximum absolute atomic E-state index is 12.7. The molecule has 2 fully saturated rings. The molecule has 2 aliphatic rings. The van der Waals surface area contributed by atoms with E-state index in [9.17, 15) is 23.3 Å². The van der Waals surface area contributed by atoms with Crippen molar-refractivity contribution in [3.05, 3.63) is 71.9 Å². The molecule has 40 heavy (non-hydrogen) atoms. The number of hydrogen-bond acceptors (Lipinski definition) is 7. The van der Waals surface area contributed by atoms with Crippen molar-refractivity contribution < 1.29 is 18.0 Å². The first-order chi connectivity index (χ1) is 19.2. The van der Waals surface area contributed by atoms with E-state index in [-0.39, 0.29) is 34.5 Å². The fourth-order valence-corrected chi connectivity index (χ4v) is 6.09. The normalized spacial score (nSPS) is 17.1. The highest BCUT2D eigenvalue weighted by Crippen LogP contribution is 2.36. The number of likely N-dealkylation sites (tertiary alicyclic amines) is 1. The van der Waals surface area contributed by atoms with E-state index in [2.05, 4.69) is 26.1 Å². The maximum atomic E-state index is 12.7. The molecule has 2 heterocycles. The Morgan fingerprint density at radius 3 is 2.48 bits per heavy atom. The third-order valence-corrected chi connectivity index (χ3v) is 8.89. The molecule has 11 nitrogen and oxygen atoms in total. The summed E-state index contributed by atoms with van der Waals surface area (Å²) in [7, 11) is -3.70. The number of anilines is 2. The number of aromatic nitrogens is 2. The number of nitrogens with two attached hydrogens (primary N) is 1. The molecular weight excluding hydrogens is 530 g/mol. The third kappa shape index (κ3) is 6.00. The molecule has 0 spiro atoms. The minimum absolute atomic E-state index is 0.0608. The van der Waals surface area contributed by atoms with Gasteiger partial charge in [0.1, 0.15) is 5.56 Å². The van der Waals surface area contributed by atoms with E-state index in [0.29, 0.717) is 38.2 Å². The van der Waals surface area contributed by atoms with Gasteiger partial charge in [-0.1, -0.05) is 30.3 Å².